The molecule has 0 saturated carbocycles. The van der Waals surface area contributed by atoms with Gasteiger partial charge in [0.15, 0.2) is 0 Å². The van der Waals surface area contributed by atoms with Crippen molar-refractivity contribution in [1.29, 1.82) is 0 Å². The third-order valence-electron chi connectivity index (χ3n) is 3.49. The molecule has 0 aliphatic heterocycles. The number of amides is 2. The highest BCUT2D eigenvalue weighted by atomic mass is 19.1. The first-order valence-corrected chi connectivity index (χ1v) is 7.88. The Labute approximate surface area is 150 Å². The van der Waals surface area contributed by atoms with E-state index in [9.17, 15) is 9.18 Å². The highest BCUT2D eigenvalue weighted by Gasteiger charge is 2.10. The van der Waals surface area contributed by atoms with E-state index in [1.54, 1.807) is 36.4 Å². The minimum Gasteiger partial charge on any atom is -0.497 e. The van der Waals surface area contributed by atoms with Gasteiger partial charge in [-0.15, -0.1) is 0 Å². The largest absolute Gasteiger partial charge is 0.497 e. The van der Waals surface area contributed by atoms with Crippen molar-refractivity contribution < 1.29 is 18.7 Å². The predicted octanol–water partition coefficient (Wildman–Crippen LogP) is 5.27. The fourth-order valence-corrected chi connectivity index (χ4v) is 2.27. The Balaban J connectivity index is 1.70. The summed E-state index contributed by atoms with van der Waals surface area (Å²) in [4.78, 5) is 12.1. The van der Waals surface area contributed by atoms with Gasteiger partial charge >= 0.3 is 6.03 Å². The maximum atomic E-state index is 14.0. The third kappa shape index (κ3) is 4.51. The fraction of sp³-hybridized carbons (Fsp3) is 0.0500. The fourth-order valence-electron chi connectivity index (χ4n) is 2.27. The summed E-state index contributed by atoms with van der Waals surface area (Å²) < 4.78 is 24.8. The van der Waals surface area contributed by atoms with E-state index >= 15 is 0 Å². The molecule has 0 radical (unpaired) electrons. The molecular weight excluding hydrogens is 335 g/mol. The minimum atomic E-state index is -0.575. The van der Waals surface area contributed by atoms with E-state index in [2.05, 4.69) is 10.6 Å². The summed E-state index contributed by atoms with van der Waals surface area (Å²) >= 11 is 0. The zero-order valence-corrected chi connectivity index (χ0v) is 14.0. The lowest BCUT2D eigenvalue weighted by atomic mass is 10.2. The van der Waals surface area contributed by atoms with Crippen molar-refractivity contribution in [2.24, 2.45) is 0 Å². The summed E-state index contributed by atoms with van der Waals surface area (Å²) in [6.07, 6.45) is 0. The van der Waals surface area contributed by atoms with Gasteiger partial charge in [-0.3, -0.25) is 0 Å². The summed E-state index contributed by atoms with van der Waals surface area (Å²) in [5.41, 5.74) is 0.540. The lowest BCUT2D eigenvalue weighted by molar-refractivity contribution is 0.262. The van der Waals surface area contributed by atoms with E-state index in [0.717, 1.165) is 0 Å². The molecule has 6 heteroatoms. The first kappa shape index (κ1) is 17.3. The van der Waals surface area contributed by atoms with Gasteiger partial charge in [0.25, 0.3) is 0 Å². The Bertz CT molecular complexity index is 901. The lowest BCUT2D eigenvalue weighted by Gasteiger charge is -2.11. The van der Waals surface area contributed by atoms with Crippen LogP contribution in [-0.4, -0.2) is 13.1 Å². The number of methoxy groups -OCH3 is 1. The maximum absolute atomic E-state index is 14.0. The van der Waals surface area contributed by atoms with E-state index in [-0.39, 0.29) is 5.69 Å². The number of anilines is 2. The van der Waals surface area contributed by atoms with Crippen molar-refractivity contribution in [2.45, 2.75) is 0 Å². The van der Waals surface area contributed by atoms with Gasteiger partial charge in [0.05, 0.1) is 12.8 Å². The van der Waals surface area contributed by atoms with E-state index in [4.69, 9.17) is 9.47 Å². The number of benzene rings is 3. The van der Waals surface area contributed by atoms with Crippen LogP contribution in [0.25, 0.3) is 0 Å². The monoisotopic (exact) mass is 352 g/mol. The van der Waals surface area contributed by atoms with Crippen molar-refractivity contribution in [3.63, 3.8) is 0 Å². The van der Waals surface area contributed by atoms with Crippen LogP contribution in [-0.2, 0) is 0 Å². The molecule has 0 spiro atoms. The van der Waals surface area contributed by atoms with Crippen molar-refractivity contribution in [3.05, 3.63) is 78.6 Å². The van der Waals surface area contributed by atoms with Crippen LogP contribution >= 0.6 is 0 Å². The van der Waals surface area contributed by atoms with Crippen LogP contribution in [0.3, 0.4) is 0 Å². The van der Waals surface area contributed by atoms with Crippen molar-refractivity contribution in [1.82, 2.24) is 0 Å². The molecule has 0 saturated heterocycles. The second kappa shape index (κ2) is 8.02. The molecule has 0 bridgehead atoms. The summed E-state index contributed by atoms with van der Waals surface area (Å²) in [5, 5.41) is 5.10. The average molecular weight is 352 g/mol. The van der Waals surface area contributed by atoms with Gasteiger partial charge in [0.1, 0.15) is 23.1 Å². The van der Waals surface area contributed by atoms with Crippen LogP contribution in [0, 0.1) is 5.82 Å². The highest BCUT2D eigenvalue weighted by molar-refractivity contribution is 6.00. The number of carbonyl (C=O) groups is 1. The summed E-state index contributed by atoms with van der Waals surface area (Å²) in [5.74, 6) is 1.07. The molecule has 2 N–H and O–H groups in total. The molecule has 0 unspecified atom stereocenters. The molecule has 132 valence electrons. The van der Waals surface area contributed by atoms with E-state index in [1.165, 1.54) is 25.3 Å². The second-order valence-electron chi connectivity index (χ2n) is 5.37. The standard InChI is InChI=1S/C20H17FN2O3/c1-25-16-9-5-6-14(12-16)22-20(24)23-19-13-17(10-11-18(19)21)26-15-7-3-2-4-8-15/h2-13H,1H3,(H2,22,23,24). The quantitative estimate of drug-likeness (QED) is 0.657. The topological polar surface area (TPSA) is 59.6 Å². The number of carbonyl (C=O) groups excluding carboxylic acids is 1. The number of urea groups is 1. The zero-order chi connectivity index (χ0) is 18.4. The molecule has 2 amide bonds. The van der Waals surface area contributed by atoms with Crippen molar-refractivity contribution >= 4 is 17.4 Å². The molecule has 0 aromatic heterocycles. The minimum absolute atomic E-state index is 0.0128. The predicted molar refractivity (Wildman–Crippen MR) is 98.6 cm³/mol. The Hall–Kier alpha value is -3.54. The van der Waals surface area contributed by atoms with Crippen LogP contribution in [0.4, 0.5) is 20.6 Å². The number of halogens is 1. The van der Waals surface area contributed by atoms with Crippen molar-refractivity contribution in [2.75, 3.05) is 17.7 Å². The third-order valence-corrected chi connectivity index (χ3v) is 3.49. The van der Waals surface area contributed by atoms with Gasteiger partial charge in [-0.05, 0) is 36.4 Å². The molecule has 3 rings (SSSR count). The highest BCUT2D eigenvalue weighted by Crippen LogP contribution is 2.26. The Morgan fingerprint density at radius 3 is 2.38 bits per heavy atom. The molecule has 0 atom stereocenters. The Kier molecular flexibility index (Phi) is 5.34. The molecule has 0 fully saturated rings. The number of hydrogen-bond donors (Lipinski definition) is 2. The molecule has 5 nitrogen and oxygen atoms in total. The van der Waals surface area contributed by atoms with Gasteiger partial charge in [0.2, 0.25) is 0 Å². The van der Waals surface area contributed by atoms with E-state index in [1.807, 2.05) is 18.2 Å². The number of rotatable bonds is 5. The van der Waals surface area contributed by atoms with Gasteiger partial charge < -0.3 is 20.1 Å². The average Bonchev–Trinajstić information content (AvgIpc) is 2.65. The molecule has 0 heterocycles. The molecule has 3 aromatic carbocycles. The zero-order valence-electron chi connectivity index (χ0n) is 14.0. The molecule has 0 aliphatic carbocycles. The second-order valence-corrected chi connectivity index (χ2v) is 5.37. The molecule has 0 aliphatic rings. The maximum Gasteiger partial charge on any atom is 0.323 e. The summed E-state index contributed by atoms with van der Waals surface area (Å²) in [7, 11) is 1.53. The normalized spacial score (nSPS) is 10.1. The van der Waals surface area contributed by atoms with Gasteiger partial charge in [-0.25, -0.2) is 9.18 Å². The van der Waals surface area contributed by atoms with E-state index in [0.29, 0.717) is 22.9 Å². The Morgan fingerprint density at radius 2 is 1.62 bits per heavy atom. The number of hydrogen-bond acceptors (Lipinski definition) is 3. The first-order valence-electron chi connectivity index (χ1n) is 7.88. The van der Waals surface area contributed by atoms with Crippen LogP contribution < -0.4 is 20.1 Å². The van der Waals surface area contributed by atoms with Crippen LogP contribution in [0.1, 0.15) is 0 Å². The molecule has 26 heavy (non-hydrogen) atoms. The summed E-state index contributed by atoms with van der Waals surface area (Å²) in [6, 6.07) is 19.5. The van der Waals surface area contributed by atoms with Gasteiger partial charge in [-0.2, -0.15) is 0 Å². The lowest BCUT2D eigenvalue weighted by Crippen LogP contribution is -2.20. The smallest absolute Gasteiger partial charge is 0.323 e. The molecule has 3 aromatic rings. The Morgan fingerprint density at radius 1 is 0.846 bits per heavy atom. The van der Waals surface area contributed by atoms with Gasteiger partial charge in [-0.1, -0.05) is 24.3 Å². The van der Waals surface area contributed by atoms with E-state index < -0.39 is 11.8 Å². The SMILES string of the molecule is COc1cccc(NC(=O)Nc2cc(Oc3ccccc3)ccc2F)c1. The van der Waals surface area contributed by atoms with Crippen molar-refractivity contribution in [3.8, 4) is 17.2 Å². The molecular formula is C20H17FN2O3. The van der Waals surface area contributed by atoms with Crippen LogP contribution in [0.15, 0.2) is 72.8 Å². The summed E-state index contributed by atoms with van der Waals surface area (Å²) in [6.45, 7) is 0. The number of ether oxygens (including phenoxy) is 2. The number of para-hydroxylation sites is 1. The first-order chi connectivity index (χ1) is 12.6. The van der Waals surface area contributed by atoms with Crippen LogP contribution in [0.2, 0.25) is 0 Å². The van der Waals surface area contributed by atoms with Crippen LogP contribution in [0.5, 0.6) is 17.2 Å². The van der Waals surface area contributed by atoms with Gasteiger partial charge in [0, 0.05) is 17.8 Å². The number of nitrogens with one attached hydrogen (secondary N) is 2.